The number of aliphatic hydroxyl groups is 2. The van der Waals surface area contributed by atoms with Crippen LogP contribution in [0, 0.1) is 48.3 Å². The van der Waals surface area contributed by atoms with Gasteiger partial charge >= 0.3 is 0 Å². The number of carbonyl (C=O) groups excluding carboxylic acids is 2. The summed E-state index contributed by atoms with van der Waals surface area (Å²) < 4.78 is 6.49. The summed E-state index contributed by atoms with van der Waals surface area (Å²) >= 11 is 0. The zero-order chi connectivity index (χ0) is 39.7. The number of anilines is 1. The van der Waals surface area contributed by atoms with Crippen LogP contribution in [0.25, 0.3) is 10.8 Å². The number of benzene rings is 2. The molecule has 11 atom stereocenters. The molecule has 2 aromatic rings. The molecule has 55 heavy (non-hydrogen) atoms. The Labute approximate surface area is 323 Å². The summed E-state index contributed by atoms with van der Waals surface area (Å²) in [5, 5.41) is 53.9. The highest BCUT2D eigenvalue weighted by atomic mass is 16.5. The van der Waals surface area contributed by atoms with E-state index in [-0.39, 0.29) is 87.0 Å². The van der Waals surface area contributed by atoms with Crippen molar-refractivity contribution < 1.29 is 34.8 Å². The number of nitrogens with zero attached hydrogens (tertiary/aromatic N) is 2. The quantitative estimate of drug-likeness (QED) is 0.150. The molecule has 2 aromatic carbocycles. The molecular weight excluding hydrogens is 697 g/mol. The van der Waals surface area contributed by atoms with Crippen LogP contribution in [0.1, 0.15) is 96.5 Å². The van der Waals surface area contributed by atoms with Crippen LogP contribution < -0.4 is 26.1 Å². The second-order valence-electron chi connectivity index (χ2n) is 17.7. The molecule has 5 heterocycles. The van der Waals surface area contributed by atoms with Gasteiger partial charge in [0.15, 0.2) is 17.0 Å². The Kier molecular flexibility index (Phi) is 10.3. The van der Waals surface area contributed by atoms with Gasteiger partial charge in [0.2, 0.25) is 5.78 Å². The number of aliphatic hydroxyl groups excluding tert-OH is 2. The summed E-state index contributed by atoms with van der Waals surface area (Å²) in [7, 11) is 0. The Morgan fingerprint density at radius 2 is 1.58 bits per heavy atom. The van der Waals surface area contributed by atoms with E-state index in [1.54, 1.807) is 26.8 Å². The van der Waals surface area contributed by atoms with Crippen LogP contribution in [-0.2, 0) is 4.79 Å². The monoisotopic (exact) mass is 754 g/mol. The second-order valence-corrected chi connectivity index (χ2v) is 17.7. The molecule has 296 valence electrons. The molecule has 6 aliphatic rings. The summed E-state index contributed by atoms with van der Waals surface area (Å²) in [5.74, 6) is -1.11. The third-order valence-electron chi connectivity index (χ3n) is 13.5. The third-order valence-corrected chi connectivity index (χ3v) is 13.5. The maximum absolute atomic E-state index is 14.7. The number of hydrogen-bond acceptors (Lipinski definition) is 10. The van der Waals surface area contributed by atoms with Gasteiger partial charge in [-0.3, -0.25) is 19.6 Å². The van der Waals surface area contributed by atoms with Gasteiger partial charge in [-0.2, -0.15) is 0 Å². The predicted octanol–water partition coefficient (Wildman–Crippen LogP) is 5.56. The van der Waals surface area contributed by atoms with Gasteiger partial charge < -0.3 is 35.8 Å². The molecule has 11 nitrogen and oxygen atoms in total. The predicted molar refractivity (Wildman–Crippen MR) is 212 cm³/mol. The van der Waals surface area contributed by atoms with Crippen molar-refractivity contribution in [1.29, 1.82) is 0 Å². The lowest BCUT2D eigenvalue weighted by atomic mass is 9.66. The van der Waals surface area contributed by atoms with Crippen molar-refractivity contribution in [2.45, 2.75) is 111 Å². The second kappa shape index (κ2) is 14.5. The first kappa shape index (κ1) is 39.2. The molecule has 2 fully saturated rings. The van der Waals surface area contributed by atoms with E-state index < -0.39 is 29.4 Å². The van der Waals surface area contributed by atoms with Crippen molar-refractivity contribution in [3.63, 3.8) is 0 Å². The molecule has 5 aliphatic heterocycles. The van der Waals surface area contributed by atoms with Gasteiger partial charge in [0.1, 0.15) is 22.5 Å². The highest BCUT2D eigenvalue weighted by Gasteiger charge is 2.53. The number of phenolic OH excluding ortho intramolecular Hbond substituents is 2. The molecule has 1 amide bonds. The SMILES string of the molecule is C/C1=C/C=C/[C@H](C)C[C@@H](C)[C@@H](O)[C@@H](C)[C@H](O)[C@H](C)C/C=C/C[C@@]2(C)Oc3c(C)c(O)c4c(O)c(c5c(c4c3C2=O)=N[C@]2(N=5)C(C)CC3CNCC2C3)NC1=O. The van der Waals surface area contributed by atoms with Crippen LogP contribution in [0.2, 0.25) is 0 Å². The summed E-state index contributed by atoms with van der Waals surface area (Å²) in [6.45, 7) is 16.7. The fourth-order valence-corrected chi connectivity index (χ4v) is 10.0. The number of phenols is 2. The van der Waals surface area contributed by atoms with E-state index in [9.17, 15) is 30.0 Å². The number of fused-ring (bicyclic) bond motifs is 16. The molecule has 1 spiro atoms. The number of carbonyl (C=O) groups is 2. The van der Waals surface area contributed by atoms with Crippen LogP contribution in [0.3, 0.4) is 0 Å². The van der Waals surface area contributed by atoms with Crippen molar-refractivity contribution in [2.75, 3.05) is 18.4 Å². The topological polar surface area (TPSA) is 173 Å². The lowest BCUT2D eigenvalue weighted by Gasteiger charge is -2.48. The average molecular weight is 755 g/mol. The highest BCUT2D eigenvalue weighted by Crippen LogP contribution is 2.52. The van der Waals surface area contributed by atoms with Crippen LogP contribution in [-0.4, -0.2) is 68.7 Å². The number of Topliss-reactive ketones (excluding diaryl/α,β-unsaturated/α-hetero) is 1. The molecule has 7 bridgehead atoms. The number of ether oxygens (including phenoxy) is 1. The van der Waals surface area contributed by atoms with Crippen molar-refractivity contribution in [1.82, 2.24) is 5.32 Å². The smallest absolute Gasteiger partial charge is 0.251 e. The molecule has 0 radical (unpaired) electrons. The number of aromatic hydroxyl groups is 2. The Bertz CT molecular complexity index is 2140. The van der Waals surface area contributed by atoms with Crippen molar-refractivity contribution in [2.24, 2.45) is 51.4 Å². The van der Waals surface area contributed by atoms with E-state index in [1.807, 2.05) is 45.1 Å². The molecule has 3 unspecified atom stereocenters. The maximum atomic E-state index is 14.7. The Morgan fingerprint density at radius 3 is 2.33 bits per heavy atom. The van der Waals surface area contributed by atoms with E-state index in [0.29, 0.717) is 47.2 Å². The Hall–Kier alpha value is -4.06. The minimum atomic E-state index is -1.33. The Morgan fingerprint density at radius 1 is 0.873 bits per heavy atom. The van der Waals surface area contributed by atoms with Gasteiger partial charge in [-0.25, -0.2) is 0 Å². The lowest BCUT2D eigenvalue weighted by molar-refractivity contribution is -0.112. The first-order valence-corrected chi connectivity index (χ1v) is 20.1. The van der Waals surface area contributed by atoms with E-state index in [4.69, 9.17) is 14.7 Å². The van der Waals surface area contributed by atoms with Gasteiger partial charge in [-0.1, -0.05) is 65.0 Å². The fraction of sp³-hybridized carbons (Fsp3) is 0.591. The van der Waals surface area contributed by atoms with Gasteiger partial charge in [-0.15, -0.1) is 0 Å². The van der Waals surface area contributed by atoms with Crippen LogP contribution in [0.15, 0.2) is 45.9 Å². The zero-order valence-electron chi connectivity index (χ0n) is 33.4. The summed E-state index contributed by atoms with van der Waals surface area (Å²) in [6.07, 6.45) is 11.1. The fourth-order valence-electron chi connectivity index (χ4n) is 10.0. The average Bonchev–Trinajstić information content (AvgIpc) is 3.68. The number of rotatable bonds is 0. The third kappa shape index (κ3) is 6.49. The lowest BCUT2D eigenvalue weighted by Crippen LogP contribution is -2.54. The molecule has 1 saturated heterocycles. The van der Waals surface area contributed by atoms with E-state index >= 15 is 0 Å². The molecule has 1 aliphatic carbocycles. The van der Waals surface area contributed by atoms with Crippen molar-refractivity contribution in [3.05, 3.63) is 57.8 Å². The van der Waals surface area contributed by atoms with Gasteiger partial charge in [0, 0.05) is 47.2 Å². The van der Waals surface area contributed by atoms with Crippen LogP contribution in [0.5, 0.6) is 17.2 Å². The number of hydrogen-bond donors (Lipinski definition) is 6. The molecule has 1 saturated carbocycles. The molecule has 8 rings (SSSR count). The van der Waals surface area contributed by atoms with E-state index in [0.717, 1.165) is 19.4 Å². The minimum Gasteiger partial charge on any atom is -0.507 e. The van der Waals surface area contributed by atoms with Crippen LogP contribution >= 0.6 is 0 Å². The highest BCUT2D eigenvalue weighted by molar-refractivity contribution is 6.20. The molecule has 0 aromatic heterocycles. The first-order chi connectivity index (χ1) is 26.0. The van der Waals surface area contributed by atoms with Crippen molar-refractivity contribution in [3.8, 4) is 17.2 Å². The number of nitrogens with one attached hydrogen (secondary N) is 2. The van der Waals surface area contributed by atoms with Crippen LogP contribution in [0.4, 0.5) is 5.69 Å². The molecule has 11 heteroatoms. The molecular formula is C44H58N4O7. The number of piperidine rings is 1. The summed E-state index contributed by atoms with van der Waals surface area (Å²) in [5.41, 5.74) is -1.27. The van der Waals surface area contributed by atoms with E-state index in [2.05, 4.69) is 24.5 Å². The van der Waals surface area contributed by atoms with Gasteiger partial charge in [-0.05, 0) is 76.7 Å². The zero-order valence-corrected chi connectivity index (χ0v) is 33.4. The normalized spacial score (nSPS) is 38.8. The minimum absolute atomic E-state index is 0.0270. The Balaban J connectivity index is 1.42. The maximum Gasteiger partial charge on any atom is 0.251 e. The van der Waals surface area contributed by atoms with Gasteiger partial charge in [0.05, 0.1) is 28.5 Å². The van der Waals surface area contributed by atoms with Crippen molar-refractivity contribution >= 4 is 28.2 Å². The number of allylic oxidation sites excluding steroid dienone is 4. The first-order valence-electron chi connectivity index (χ1n) is 20.1. The molecule has 6 N–H and O–H groups in total. The standard InChI is InChI=1S/C44H58N4O7/c1-21-12-11-14-23(3)42(54)46-35-34-33(47-44(48-34)25(5)17-28-18-29(44)20-45-19-28)30-31(39(35)52)38(51)27(7)40-32(30)41(53)43(8,55-40)15-10-9-13-22(2)36(49)26(6)37(50)24(4)16-21/h9-12,14,21-22,24-26,28-29,36-37,45,49-52H,13,15-20H2,1-8H3,(H,46,54)/b10-9+,12-11+,23-14-/t21-,22+,24+,25?,26-,28?,29?,36+,37+,43+,44-/m0/s1. The van der Waals surface area contributed by atoms with Gasteiger partial charge in [0.25, 0.3) is 5.91 Å². The summed E-state index contributed by atoms with van der Waals surface area (Å²) in [6, 6.07) is 0. The summed E-state index contributed by atoms with van der Waals surface area (Å²) in [4.78, 5) is 39.3. The number of amides is 1. The number of ketones is 1. The largest absolute Gasteiger partial charge is 0.507 e. The van der Waals surface area contributed by atoms with E-state index in [1.165, 1.54) is 0 Å².